The lowest BCUT2D eigenvalue weighted by atomic mass is 10.2. The summed E-state index contributed by atoms with van der Waals surface area (Å²) in [6.45, 7) is 8.08. The van der Waals surface area contributed by atoms with E-state index in [-0.39, 0.29) is 24.7 Å². The molecule has 0 heterocycles. The van der Waals surface area contributed by atoms with E-state index in [0.717, 1.165) is 6.42 Å². The van der Waals surface area contributed by atoms with Crippen molar-refractivity contribution in [2.45, 2.75) is 39.7 Å². The molecule has 0 N–H and O–H groups in total. The molecule has 0 bridgehead atoms. The number of carbonyl (C=O) groups is 2. The molecule has 0 aliphatic carbocycles. The molecule has 100 valence electrons. The third kappa shape index (κ3) is 7.74. The molecule has 0 saturated carbocycles. The molecule has 0 saturated heterocycles. The molecular formula is C12H23NO4. The van der Waals surface area contributed by atoms with E-state index in [9.17, 15) is 9.59 Å². The second-order valence-corrected chi connectivity index (χ2v) is 4.79. The van der Waals surface area contributed by atoms with Gasteiger partial charge in [0.05, 0.1) is 12.7 Å². The summed E-state index contributed by atoms with van der Waals surface area (Å²) in [7, 11) is 1.31. The van der Waals surface area contributed by atoms with Crippen LogP contribution in [0, 0.1) is 0 Å². The highest BCUT2D eigenvalue weighted by Crippen LogP contribution is 2.07. The standard InChI is InChI=1S/C12H23NO4/c1-6-7-13(8-11(15)16-5)10(14)9-17-12(2,3)4/h6-9H2,1-5H3. The first-order valence-corrected chi connectivity index (χ1v) is 5.78. The molecule has 17 heavy (non-hydrogen) atoms. The molecule has 0 aliphatic heterocycles. The van der Waals surface area contributed by atoms with Gasteiger partial charge in [-0.2, -0.15) is 0 Å². The van der Waals surface area contributed by atoms with Crippen molar-refractivity contribution in [3.8, 4) is 0 Å². The predicted octanol–water partition coefficient (Wildman–Crippen LogP) is 1.21. The monoisotopic (exact) mass is 245 g/mol. The fourth-order valence-electron chi connectivity index (χ4n) is 1.15. The van der Waals surface area contributed by atoms with Crippen molar-refractivity contribution in [3.63, 3.8) is 0 Å². The number of amides is 1. The van der Waals surface area contributed by atoms with Gasteiger partial charge in [0.15, 0.2) is 0 Å². The average Bonchev–Trinajstić information content (AvgIpc) is 2.24. The van der Waals surface area contributed by atoms with Crippen molar-refractivity contribution >= 4 is 11.9 Å². The molecule has 5 heteroatoms. The topological polar surface area (TPSA) is 55.8 Å². The van der Waals surface area contributed by atoms with Crippen LogP contribution in [0.2, 0.25) is 0 Å². The van der Waals surface area contributed by atoms with Gasteiger partial charge in [-0.15, -0.1) is 0 Å². The van der Waals surface area contributed by atoms with Gasteiger partial charge in [-0.3, -0.25) is 9.59 Å². The largest absolute Gasteiger partial charge is 0.468 e. The van der Waals surface area contributed by atoms with Crippen LogP contribution in [0.5, 0.6) is 0 Å². The third-order valence-corrected chi connectivity index (χ3v) is 2.02. The van der Waals surface area contributed by atoms with Crippen molar-refractivity contribution in [2.75, 3.05) is 26.8 Å². The Bertz CT molecular complexity index is 258. The van der Waals surface area contributed by atoms with E-state index in [1.54, 1.807) is 0 Å². The van der Waals surface area contributed by atoms with Crippen LogP contribution in [0.4, 0.5) is 0 Å². The lowest BCUT2D eigenvalue weighted by Crippen LogP contribution is -2.40. The van der Waals surface area contributed by atoms with Crippen LogP contribution in [-0.2, 0) is 19.1 Å². The Labute approximate surface area is 103 Å². The lowest BCUT2D eigenvalue weighted by Gasteiger charge is -2.24. The molecule has 0 atom stereocenters. The summed E-state index contributed by atoms with van der Waals surface area (Å²) in [5.74, 6) is -0.602. The van der Waals surface area contributed by atoms with E-state index in [2.05, 4.69) is 4.74 Å². The molecule has 0 unspecified atom stereocenters. The first kappa shape index (κ1) is 15.9. The average molecular weight is 245 g/mol. The van der Waals surface area contributed by atoms with E-state index >= 15 is 0 Å². The second kappa shape index (κ2) is 7.27. The molecule has 0 spiro atoms. The normalized spacial score (nSPS) is 11.1. The number of nitrogens with zero attached hydrogens (tertiary/aromatic N) is 1. The van der Waals surface area contributed by atoms with Crippen molar-refractivity contribution in [3.05, 3.63) is 0 Å². The van der Waals surface area contributed by atoms with Crippen molar-refractivity contribution in [2.24, 2.45) is 0 Å². The first-order valence-electron chi connectivity index (χ1n) is 5.78. The summed E-state index contributed by atoms with van der Waals surface area (Å²) in [5, 5.41) is 0. The van der Waals surface area contributed by atoms with Crippen LogP contribution in [-0.4, -0.2) is 49.2 Å². The fraction of sp³-hybridized carbons (Fsp3) is 0.833. The molecule has 0 rings (SSSR count). The Balaban J connectivity index is 4.29. The molecule has 0 aromatic heterocycles. The zero-order valence-corrected chi connectivity index (χ0v) is 11.4. The van der Waals surface area contributed by atoms with Crippen molar-refractivity contribution < 1.29 is 19.1 Å². The van der Waals surface area contributed by atoms with Crippen LogP contribution in [0.1, 0.15) is 34.1 Å². The Morgan fingerprint density at radius 2 is 1.82 bits per heavy atom. The van der Waals surface area contributed by atoms with E-state index in [0.29, 0.717) is 6.54 Å². The molecular weight excluding hydrogens is 222 g/mol. The smallest absolute Gasteiger partial charge is 0.325 e. The second-order valence-electron chi connectivity index (χ2n) is 4.79. The van der Waals surface area contributed by atoms with Gasteiger partial charge in [-0.25, -0.2) is 0 Å². The zero-order chi connectivity index (χ0) is 13.5. The SMILES string of the molecule is CCCN(CC(=O)OC)C(=O)COC(C)(C)C. The highest BCUT2D eigenvalue weighted by molar-refractivity contribution is 5.82. The highest BCUT2D eigenvalue weighted by atomic mass is 16.5. The number of hydrogen-bond acceptors (Lipinski definition) is 4. The van der Waals surface area contributed by atoms with E-state index in [4.69, 9.17) is 4.74 Å². The van der Waals surface area contributed by atoms with Crippen LogP contribution >= 0.6 is 0 Å². The number of ether oxygens (including phenoxy) is 2. The Morgan fingerprint density at radius 3 is 2.24 bits per heavy atom. The molecule has 0 fully saturated rings. The molecule has 0 aromatic carbocycles. The maximum Gasteiger partial charge on any atom is 0.325 e. The van der Waals surface area contributed by atoms with Gasteiger partial charge in [0.2, 0.25) is 5.91 Å². The summed E-state index contributed by atoms with van der Waals surface area (Å²) in [6, 6.07) is 0. The van der Waals surface area contributed by atoms with E-state index < -0.39 is 5.97 Å². The quantitative estimate of drug-likeness (QED) is 0.660. The van der Waals surface area contributed by atoms with E-state index in [1.807, 2.05) is 27.7 Å². The van der Waals surface area contributed by atoms with Gasteiger partial charge < -0.3 is 14.4 Å². The molecule has 5 nitrogen and oxygen atoms in total. The summed E-state index contributed by atoms with van der Waals surface area (Å²) in [4.78, 5) is 24.4. The first-order chi connectivity index (χ1) is 7.80. The van der Waals surface area contributed by atoms with Gasteiger partial charge in [0.1, 0.15) is 13.2 Å². The van der Waals surface area contributed by atoms with Crippen LogP contribution in [0.15, 0.2) is 0 Å². The summed E-state index contributed by atoms with van der Waals surface area (Å²) < 4.78 is 9.94. The summed E-state index contributed by atoms with van der Waals surface area (Å²) >= 11 is 0. The Hall–Kier alpha value is -1.10. The van der Waals surface area contributed by atoms with Gasteiger partial charge in [0, 0.05) is 6.54 Å². The Morgan fingerprint density at radius 1 is 1.24 bits per heavy atom. The summed E-state index contributed by atoms with van der Waals surface area (Å²) in [5.41, 5.74) is -0.362. The maximum absolute atomic E-state index is 11.8. The maximum atomic E-state index is 11.8. The summed E-state index contributed by atoms with van der Waals surface area (Å²) in [6.07, 6.45) is 0.790. The predicted molar refractivity (Wildman–Crippen MR) is 64.6 cm³/mol. The number of hydrogen-bond donors (Lipinski definition) is 0. The van der Waals surface area contributed by atoms with Crippen LogP contribution in [0.3, 0.4) is 0 Å². The number of methoxy groups -OCH3 is 1. The van der Waals surface area contributed by atoms with Crippen LogP contribution in [0.25, 0.3) is 0 Å². The molecule has 0 radical (unpaired) electrons. The molecule has 1 amide bonds. The minimum atomic E-state index is -0.414. The van der Waals surface area contributed by atoms with Gasteiger partial charge >= 0.3 is 5.97 Å². The Kier molecular flexibility index (Phi) is 6.80. The van der Waals surface area contributed by atoms with Crippen molar-refractivity contribution in [1.29, 1.82) is 0 Å². The van der Waals surface area contributed by atoms with Gasteiger partial charge in [-0.1, -0.05) is 6.92 Å². The number of esters is 1. The van der Waals surface area contributed by atoms with Gasteiger partial charge in [-0.05, 0) is 27.2 Å². The lowest BCUT2D eigenvalue weighted by molar-refractivity contribution is -0.150. The minimum Gasteiger partial charge on any atom is -0.468 e. The number of rotatable bonds is 6. The van der Waals surface area contributed by atoms with Crippen molar-refractivity contribution in [1.82, 2.24) is 4.90 Å². The zero-order valence-electron chi connectivity index (χ0n) is 11.4. The van der Waals surface area contributed by atoms with E-state index in [1.165, 1.54) is 12.0 Å². The van der Waals surface area contributed by atoms with Crippen LogP contribution < -0.4 is 0 Å². The highest BCUT2D eigenvalue weighted by Gasteiger charge is 2.19. The fourth-order valence-corrected chi connectivity index (χ4v) is 1.15. The minimum absolute atomic E-state index is 0.0134. The molecule has 0 aromatic rings. The third-order valence-electron chi connectivity index (χ3n) is 2.02. The number of carbonyl (C=O) groups excluding carboxylic acids is 2. The molecule has 0 aliphatic rings. The van der Waals surface area contributed by atoms with Gasteiger partial charge in [0.25, 0.3) is 0 Å².